The zero-order chi connectivity index (χ0) is 9.68. The van der Waals surface area contributed by atoms with Crippen LogP contribution in [0.4, 0.5) is 4.79 Å². The van der Waals surface area contributed by atoms with E-state index in [9.17, 15) is 4.79 Å². The van der Waals surface area contributed by atoms with E-state index in [1.54, 1.807) is 11.3 Å². The van der Waals surface area contributed by atoms with Gasteiger partial charge in [-0.1, -0.05) is 6.92 Å². The number of aromatic nitrogens is 1. The van der Waals surface area contributed by atoms with E-state index < -0.39 is 6.09 Å². The fourth-order valence-electron chi connectivity index (χ4n) is 0.812. The molecule has 1 aromatic heterocycles. The van der Waals surface area contributed by atoms with Gasteiger partial charge in [0.1, 0.15) is 5.01 Å². The number of carbonyl (C=O) groups excluding carboxylic acids is 1. The fourth-order valence-corrected chi connectivity index (χ4v) is 1.63. The average molecular weight is 200 g/mol. The van der Waals surface area contributed by atoms with Crippen LogP contribution in [0.1, 0.15) is 17.6 Å². The van der Waals surface area contributed by atoms with Gasteiger partial charge in [0.25, 0.3) is 0 Å². The summed E-state index contributed by atoms with van der Waals surface area (Å²) >= 11 is 1.55. The molecule has 0 aliphatic rings. The Hall–Kier alpha value is -1.10. The maximum Gasteiger partial charge on any atom is 0.407 e. The SMILES string of the molecule is CCc1csc(CNC(=O)OC)n1. The molecule has 0 aliphatic heterocycles. The minimum absolute atomic E-state index is 0.423. The van der Waals surface area contributed by atoms with Crippen molar-refractivity contribution in [1.29, 1.82) is 0 Å². The number of methoxy groups -OCH3 is 1. The van der Waals surface area contributed by atoms with Crippen LogP contribution in [0.3, 0.4) is 0 Å². The van der Waals surface area contributed by atoms with Crippen molar-refractivity contribution in [3.05, 3.63) is 16.1 Å². The van der Waals surface area contributed by atoms with E-state index in [-0.39, 0.29) is 0 Å². The first kappa shape index (κ1) is 9.98. The molecule has 0 saturated heterocycles. The molecule has 5 heteroatoms. The predicted molar refractivity (Wildman–Crippen MR) is 50.7 cm³/mol. The highest BCUT2D eigenvalue weighted by atomic mass is 32.1. The van der Waals surface area contributed by atoms with Crippen LogP contribution in [0.25, 0.3) is 0 Å². The van der Waals surface area contributed by atoms with Gasteiger partial charge >= 0.3 is 6.09 Å². The number of hydrogen-bond donors (Lipinski definition) is 1. The van der Waals surface area contributed by atoms with E-state index >= 15 is 0 Å². The second-order valence-corrected chi connectivity index (χ2v) is 3.37. The van der Waals surface area contributed by atoms with Crippen molar-refractivity contribution in [1.82, 2.24) is 10.3 Å². The Morgan fingerprint density at radius 1 is 1.77 bits per heavy atom. The number of carbonyl (C=O) groups is 1. The van der Waals surface area contributed by atoms with Crippen molar-refractivity contribution < 1.29 is 9.53 Å². The Kier molecular flexibility index (Phi) is 3.70. The molecule has 1 amide bonds. The zero-order valence-electron chi connectivity index (χ0n) is 7.66. The standard InChI is InChI=1S/C8H12N2O2S/c1-3-6-5-13-7(10-6)4-9-8(11)12-2/h5H,3-4H2,1-2H3,(H,9,11). The Balaban J connectivity index is 2.41. The molecule has 0 bridgehead atoms. The van der Waals surface area contributed by atoms with Gasteiger partial charge in [-0.2, -0.15) is 0 Å². The van der Waals surface area contributed by atoms with E-state index in [0.29, 0.717) is 6.54 Å². The molecule has 72 valence electrons. The predicted octanol–water partition coefficient (Wildman–Crippen LogP) is 1.56. The third kappa shape index (κ3) is 3.02. The summed E-state index contributed by atoms with van der Waals surface area (Å²) in [5.41, 5.74) is 1.06. The lowest BCUT2D eigenvalue weighted by Crippen LogP contribution is -2.22. The Bertz CT molecular complexity index is 285. The molecule has 4 nitrogen and oxygen atoms in total. The van der Waals surface area contributed by atoms with E-state index in [1.165, 1.54) is 7.11 Å². The highest BCUT2D eigenvalue weighted by Gasteiger charge is 2.02. The first-order chi connectivity index (χ1) is 6.26. The lowest BCUT2D eigenvalue weighted by Gasteiger charge is -1.99. The number of amides is 1. The average Bonchev–Trinajstić information content (AvgIpc) is 2.61. The largest absolute Gasteiger partial charge is 0.453 e. The summed E-state index contributed by atoms with van der Waals surface area (Å²) in [5.74, 6) is 0. The highest BCUT2D eigenvalue weighted by Crippen LogP contribution is 2.09. The third-order valence-corrected chi connectivity index (χ3v) is 2.43. The summed E-state index contributed by atoms with van der Waals surface area (Å²) in [6, 6.07) is 0. The summed E-state index contributed by atoms with van der Waals surface area (Å²) < 4.78 is 4.43. The van der Waals surface area contributed by atoms with Crippen LogP contribution >= 0.6 is 11.3 Å². The van der Waals surface area contributed by atoms with E-state index in [1.807, 2.05) is 12.3 Å². The lowest BCUT2D eigenvalue weighted by atomic mass is 10.4. The van der Waals surface area contributed by atoms with Crippen molar-refractivity contribution in [2.24, 2.45) is 0 Å². The molecule has 1 N–H and O–H groups in total. The van der Waals surface area contributed by atoms with Crippen LogP contribution in [0.2, 0.25) is 0 Å². The van der Waals surface area contributed by atoms with Crippen LogP contribution in [-0.4, -0.2) is 18.2 Å². The van der Waals surface area contributed by atoms with Gasteiger partial charge in [0.05, 0.1) is 19.3 Å². The topological polar surface area (TPSA) is 51.2 Å². The molecule has 1 aromatic rings. The maximum atomic E-state index is 10.7. The number of alkyl carbamates (subject to hydrolysis) is 1. The van der Waals surface area contributed by atoms with Gasteiger partial charge in [-0.05, 0) is 6.42 Å². The quantitative estimate of drug-likeness (QED) is 0.805. The van der Waals surface area contributed by atoms with Gasteiger partial charge in [-0.3, -0.25) is 0 Å². The van der Waals surface area contributed by atoms with Crippen LogP contribution in [0, 0.1) is 0 Å². The normalized spacial score (nSPS) is 9.69. The molecule has 0 radical (unpaired) electrons. The van der Waals surface area contributed by atoms with Gasteiger partial charge in [-0.25, -0.2) is 9.78 Å². The van der Waals surface area contributed by atoms with Crippen LogP contribution < -0.4 is 5.32 Å². The number of aryl methyl sites for hydroxylation is 1. The second-order valence-electron chi connectivity index (χ2n) is 2.43. The molecule has 0 atom stereocenters. The summed E-state index contributed by atoms with van der Waals surface area (Å²) in [4.78, 5) is 15.0. The van der Waals surface area contributed by atoms with Crippen molar-refractivity contribution in [2.45, 2.75) is 19.9 Å². The Labute approximate surface area is 80.9 Å². The molecule has 0 unspecified atom stereocenters. The molecular weight excluding hydrogens is 188 g/mol. The van der Waals surface area contributed by atoms with Crippen molar-refractivity contribution in [3.8, 4) is 0 Å². The van der Waals surface area contributed by atoms with E-state index in [0.717, 1.165) is 17.1 Å². The molecule has 13 heavy (non-hydrogen) atoms. The molecule has 1 heterocycles. The second kappa shape index (κ2) is 4.81. The zero-order valence-corrected chi connectivity index (χ0v) is 8.48. The molecular formula is C8H12N2O2S. The van der Waals surface area contributed by atoms with Gasteiger partial charge in [0.15, 0.2) is 0 Å². The first-order valence-corrected chi connectivity index (χ1v) is 4.89. The highest BCUT2D eigenvalue weighted by molar-refractivity contribution is 7.09. The van der Waals surface area contributed by atoms with Gasteiger partial charge in [-0.15, -0.1) is 11.3 Å². The van der Waals surface area contributed by atoms with Crippen molar-refractivity contribution in [2.75, 3.05) is 7.11 Å². The molecule has 0 aromatic carbocycles. The molecule has 0 saturated carbocycles. The minimum atomic E-state index is -0.423. The van der Waals surface area contributed by atoms with Crippen molar-refractivity contribution >= 4 is 17.4 Å². The number of thiazole rings is 1. The van der Waals surface area contributed by atoms with Crippen molar-refractivity contribution in [3.63, 3.8) is 0 Å². The smallest absolute Gasteiger partial charge is 0.407 e. The van der Waals surface area contributed by atoms with Gasteiger partial charge in [0.2, 0.25) is 0 Å². The monoisotopic (exact) mass is 200 g/mol. The maximum absolute atomic E-state index is 10.7. The third-order valence-electron chi connectivity index (χ3n) is 1.53. The fraction of sp³-hybridized carbons (Fsp3) is 0.500. The number of ether oxygens (including phenoxy) is 1. The first-order valence-electron chi connectivity index (χ1n) is 4.01. The molecule has 0 fully saturated rings. The van der Waals surface area contributed by atoms with E-state index in [4.69, 9.17) is 0 Å². The Morgan fingerprint density at radius 3 is 3.08 bits per heavy atom. The summed E-state index contributed by atoms with van der Waals surface area (Å²) in [6.07, 6.45) is 0.502. The summed E-state index contributed by atoms with van der Waals surface area (Å²) in [7, 11) is 1.34. The molecule has 0 aliphatic carbocycles. The lowest BCUT2D eigenvalue weighted by molar-refractivity contribution is 0.170. The van der Waals surface area contributed by atoms with Gasteiger partial charge in [0, 0.05) is 5.38 Å². The van der Waals surface area contributed by atoms with Gasteiger partial charge < -0.3 is 10.1 Å². The number of nitrogens with one attached hydrogen (secondary N) is 1. The summed E-state index contributed by atoms with van der Waals surface area (Å²) in [6.45, 7) is 2.49. The molecule has 0 spiro atoms. The van der Waals surface area contributed by atoms with Crippen LogP contribution in [0.5, 0.6) is 0 Å². The number of nitrogens with zero attached hydrogens (tertiary/aromatic N) is 1. The van der Waals surface area contributed by atoms with E-state index in [2.05, 4.69) is 15.0 Å². The minimum Gasteiger partial charge on any atom is -0.453 e. The number of rotatable bonds is 3. The van der Waals surface area contributed by atoms with Crippen LogP contribution in [0.15, 0.2) is 5.38 Å². The molecule has 1 rings (SSSR count). The Morgan fingerprint density at radius 2 is 2.54 bits per heavy atom. The summed E-state index contributed by atoms with van der Waals surface area (Å²) in [5, 5.41) is 5.47. The van der Waals surface area contributed by atoms with Crippen LogP contribution in [-0.2, 0) is 17.7 Å². The number of hydrogen-bond acceptors (Lipinski definition) is 4.